The number of rotatable bonds is 6. The minimum Gasteiger partial charge on any atom is -0.478 e. The largest absolute Gasteiger partial charge is 0.478 e. The summed E-state index contributed by atoms with van der Waals surface area (Å²) in [5, 5.41) is 11.6. The summed E-state index contributed by atoms with van der Waals surface area (Å²) in [6.07, 6.45) is 2.18. The number of carbonyl (C=O) groups is 1. The van der Waals surface area contributed by atoms with Crippen LogP contribution in [0.15, 0.2) is 30.6 Å². The first-order valence-electron chi connectivity index (χ1n) is 6.35. The third-order valence-electron chi connectivity index (χ3n) is 2.57. The maximum absolute atomic E-state index is 13.6. The van der Waals surface area contributed by atoms with Crippen LogP contribution in [0.25, 0.3) is 0 Å². The molecule has 0 aliphatic rings. The average molecular weight is 291 g/mol. The van der Waals surface area contributed by atoms with Crippen LogP contribution >= 0.6 is 0 Å². The predicted molar refractivity (Wildman–Crippen MR) is 74.5 cm³/mol. The molecule has 0 saturated carbocycles. The number of halogens is 1. The summed E-state index contributed by atoms with van der Waals surface area (Å²) in [7, 11) is 0. The van der Waals surface area contributed by atoms with Crippen LogP contribution in [0, 0.1) is 5.82 Å². The number of benzene rings is 1. The molecule has 0 aliphatic carbocycles. The van der Waals surface area contributed by atoms with Gasteiger partial charge in [-0.15, -0.1) is 0 Å². The van der Waals surface area contributed by atoms with E-state index in [-0.39, 0.29) is 5.56 Å². The van der Waals surface area contributed by atoms with Crippen molar-refractivity contribution in [2.75, 3.05) is 11.9 Å². The summed E-state index contributed by atoms with van der Waals surface area (Å²) < 4.78 is 18.9. The number of nitrogens with zero attached hydrogens (tertiary/aromatic N) is 2. The van der Waals surface area contributed by atoms with Crippen molar-refractivity contribution in [2.45, 2.75) is 13.3 Å². The highest BCUT2D eigenvalue weighted by Gasteiger charge is 2.10. The Morgan fingerprint density at radius 2 is 2.19 bits per heavy atom. The van der Waals surface area contributed by atoms with Crippen molar-refractivity contribution < 1.29 is 19.0 Å². The van der Waals surface area contributed by atoms with E-state index in [9.17, 15) is 9.18 Å². The molecule has 0 amide bonds. The smallest absolute Gasteiger partial charge is 0.338 e. The van der Waals surface area contributed by atoms with E-state index in [1.165, 1.54) is 18.5 Å². The highest BCUT2D eigenvalue weighted by atomic mass is 19.1. The van der Waals surface area contributed by atoms with E-state index in [1.54, 1.807) is 6.07 Å². The fraction of sp³-hybridized carbons (Fsp3) is 0.214. The average Bonchev–Trinajstić information content (AvgIpc) is 2.45. The number of carboxylic acids is 1. The van der Waals surface area contributed by atoms with Gasteiger partial charge in [0.2, 0.25) is 5.88 Å². The fourth-order valence-corrected chi connectivity index (χ4v) is 1.61. The maximum atomic E-state index is 13.6. The highest BCUT2D eigenvalue weighted by Crippen LogP contribution is 2.20. The van der Waals surface area contributed by atoms with Crippen LogP contribution in [0.5, 0.6) is 5.88 Å². The molecule has 110 valence electrons. The minimum atomic E-state index is -1.31. The Labute approximate surface area is 120 Å². The lowest BCUT2D eigenvalue weighted by Gasteiger charge is -2.08. The number of anilines is 2. The molecule has 0 atom stereocenters. The van der Waals surface area contributed by atoms with E-state index in [0.717, 1.165) is 12.5 Å². The van der Waals surface area contributed by atoms with E-state index in [4.69, 9.17) is 9.84 Å². The fourth-order valence-electron chi connectivity index (χ4n) is 1.61. The molecule has 1 heterocycles. The van der Waals surface area contributed by atoms with Gasteiger partial charge in [-0.2, -0.15) is 0 Å². The van der Waals surface area contributed by atoms with Crippen molar-refractivity contribution in [1.29, 1.82) is 0 Å². The Bertz CT molecular complexity index is 649. The van der Waals surface area contributed by atoms with Gasteiger partial charge in [-0.05, 0) is 24.6 Å². The molecule has 0 radical (unpaired) electrons. The maximum Gasteiger partial charge on any atom is 0.338 e. The van der Waals surface area contributed by atoms with Crippen LogP contribution in [0.2, 0.25) is 0 Å². The zero-order valence-corrected chi connectivity index (χ0v) is 11.3. The third-order valence-corrected chi connectivity index (χ3v) is 2.57. The van der Waals surface area contributed by atoms with Crippen molar-refractivity contribution in [3.05, 3.63) is 42.0 Å². The zero-order chi connectivity index (χ0) is 15.2. The van der Waals surface area contributed by atoms with Crippen LogP contribution < -0.4 is 10.1 Å². The quantitative estimate of drug-likeness (QED) is 0.851. The van der Waals surface area contributed by atoms with Gasteiger partial charge < -0.3 is 15.2 Å². The summed E-state index contributed by atoms with van der Waals surface area (Å²) in [5.74, 6) is -1.28. The van der Waals surface area contributed by atoms with Gasteiger partial charge in [0.05, 0.1) is 12.2 Å². The van der Waals surface area contributed by atoms with Crippen LogP contribution in [0.3, 0.4) is 0 Å². The molecule has 0 unspecified atom stereocenters. The Kier molecular flexibility index (Phi) is 4.65. The van der Waals surface area contributed by atoms with Crippen LogP contribution in [0.4, 0.5) is 15.9 Å². The van der Waals surface area contributed by atoms with Crippen molar-refractivity contribution in [1.82, 2.24) is 9.97 Å². The molecule has 0 aliphatic heterocycles. The van der Waals surface area contributed by atoms with E-state index in [0.29, 0.717) is 24.0 Å². The van der Waals surface area contributed by atoms with E-state index in [1.807, 2.05) is 6.92 Å². The summed E-state index contributed by atoms with van der Waals surface area (Å²) in [4.78, 5) is 18.7. The Hall–Kier alpha value is -2.70. The van der Waals surface area contributed by atoms with E-state index in [2.05, 4.69) is 15.3 Å². The summed E-state index contributed by atoms with van der Waals surface area (Å²) in [6, 6.07) is 5.33. The molecule has 1 aromatic heterocycles. The Morgan fingerprint density at radius 3 is 2.86 bits per heavy atom. The Balaban J connectivity index is 2.14. The summed E-state index contributed by atoms with van der Waals surface area (Å²) >= 11 is 0. The number of hydrogen-bond acceptors (Lipinski definition) is 5. The number of nitrogens with one attached hydrogen (secondary N) is 1. The van der Waals surface area contributed by atoms with Gasteiger partial charge >= 0.3 is 5.97 Å². The van der Waals surface area contributed by atoms with Crippen LogP contribution in [-0.4, -0.2) is 27.7 Å². The van der Waals surface area contributed by atoms with E-state index >= 15 is 0 Å². The number of hydrogen-bond donors (Lipinski definition) is 2. The van der Waals surface area contributed by atoms with E-state index < -0.39 is 11.8 Å². The highest BCUT2D eigenvalue weighted by molar-refractivity contribution is 5.88. The molecule has 1 aromatic carbocycles. The second kappa shape index (κ2) is 6.65. The van der Waals surface area contributed by atoms with Gasteiger partial charge in [0.25, 0.3) is 0 Å². The number of aromatic carboxylic acids is 1. The molecule has 6 nitrogen and oxygen atoms in total. The molecule has 21 heavy (non-hydrogen) atoms. The van der Waals surface area contributed by atoms with Crippen LogP contribution in [0.1, 0.15) is 23.7 Å². The number of ether oxygens (including phenoxy) is 1. The van der Waals surface area contributed by atoms with Crippen molar-refractivity contribution in [3.8, 4) is 5.88 Å². The monoisotopic (exact) mass is 291 g/mol. The first-order chi connectivity index (χ1) is 10.1. The van der Waals surface area contributed by atoms with Crippen molar-refractivity contribution in [2.24, 2.45) is 0 Å². The minimum absolute atomic E-state index is 0.379. The first kappa shape index (κ1) is 14.7. The standard InChI is InChI=1S/C14H14FN3O3/c1-2-5-21-13-7-12(16-8-17-13)18-9-3-4-10(14(19)20)11(15)6-9/h3-4,6-8H,2,5H2,1H3,(H,19,20)(H,16,17,18). The molecule has 7 heteroatoms. The molecule has 0 bridgehead atoms. The SMILES string of the molecule is CCCOc1cc(Nc2ccc(C(=O)O)c(F)c2)ncn1. The summed E-state index contributed by atoms with van der Waals surface area (Å²) in [6.45, 7) is 2.52. The molecular formula is C14H14FN3O3. The topological polar surface area (TPSA) is 84.3 Å². The predicted octanol–water partition coefficient (Wildman–Crippen LogP) is 2.85. The lowest BCUT2D eigenvalue weighted by Crippen LogP contribution is -2.02. The molecule has 2 N–H and O–H groups in total. The van der Waals surface area contributed by atoms with Crippen molar-refractivity contribution in [3.63, 3.8) is 0 Å². The normalized spacial score (nSPS) is 10.2. The second-order valence-corrected chi connectivity index (χ2v) is 4.21. The lowest BCUT2D eigenvalue weighted by molar-refractivity contribution is 0.0692. The molecule has 0 fully saturated rings. The molecule has 0 saturated heterocycles. The Morgan fingerprint density at radius 1 is 1.38 bits per heavy atom. The van der Waals surface area contributed by atoms with Gasteiger partial charge in [0, 0.05) is 11.8 Å². The van der Waals surface area contributed by atoms with Crippen molar-refractivity contribution >= 4 is 17.5 Å². The van der Waals surface area contributed by atoms with Gasteiger partial charge in [0.1, 0.15) is 18.0 Å². The molecular weight excluding hydrogens is 277 g/mol. The summed E-state index contributed by atoms with van der Waals surface area (Å²) in [5.41, 5.74) is 0.00727. The number of carboxylic acid groups (broad SMARTS) is 1. The first-order valence-corrected chi connectivity index (χ1v) is 6.35. The molecule has 0 spiro atoms. The lowest BCUT2D eigenvalue weighted by atomic mass is 10.2. The van der Waals surface area contributed by atoms with Crippen LogP contribution in [-0.2, 0) is 0 Å². The molecule has 2 rings (SSSR count). The second-order valence-electron chi connectivity index (χ2n) is 4.21. The van der Waals surface area contributed by atoms with Gasteiger partial charge in [-0.1, -0.05) is 6.92 Å². The van der Waals surface area contributed by atoms with Gasteiger partial charge in [0.15, 0.2) is 0 Å². The zero-order valence-electron chi connectivity index (χ0n) is 11.3. The van der Waals surface area contributed by atoms with Gasteiger partial charge in [-0.3, -0.25) is 0 Å². The third kappa shape index (κ3) is 3.88. The molecule has 2 aromatic rings. The number of aromatic nitrogens is 2. The van der Waals surface area contributed by atoms with Gasteiger partial charge in [-0.25, -0.2) is 19.2 Å².